The lowest BCUT2D eigenvalue weighted by atomic mass is 9.87. The molecule has 0 spiro atoms. The van der Waals surface area contributed by atoms with Crippen LogP contribution in [-0.2, 0) is 0 Å². The molecule has 96 valence electrons. The maximum Gasteiger partial charge on any atom is 0.0335 e. The number of rotatable bonds is 6. The van der Waals surface area contributed by atoms with Crippen molar-refractivity contribution in [3.05, 3.63) is 32.7 Å². The number of nitrogens with two attached hydrogens (primary N) is 1. The summed E-state index contributed by atoms with van der Waals surface area (Å²) >= 11 is 7.11. The molecule has 0 saturated carbocycles. The summed E-state index contributed by atoms with van der Waals surface area (Å²) in [5.41, 5.74) is 7.62. The van der Waals surface area contributed by atoms with Crippen LogP contribution in [0.1, 0.15) is 51.1 Å². The van der Waals surface area contributed by atoms with Crippen molar-refractivity contribution >= 4 is 31.9 Å². The molecule has 1 rings (SSSR count). The van der Waals surface area contributed by atoms with E-state index in [0.717, 1.165) is 15.4 Å². The second kappa shape index (κ2) is 7.55. The van der Waals surface area contributed by atoms with E-state index in [1.165, 1.54) is 24.8 Å². The van der Waals surface area contributed by atoms with Gasteiger partial charge >= 0.3 is 0 Å². The van der Waals surface area contributed by atoms with Crippen LogP contribution in [0.3, 0.4) is 0 Å². The summed E-state index contributed by atoms with van der Waals surface area (Å²) in [6.45, 7) is 4.46. The van der Waals surface area contributed by atoms with Crippen molar-refractivity contribution in [1.29, 1.82) is 0 Å². The zero-order valence-electron chi connectivity index (χ0n) is 10.5. The quantitative estimate of drug-likeness (QED) is 0.717. The van der Waals surface area contributed by atoms with Crippen LogP contribution in [0.25, 0.3) is 0 Å². The Morgan fingerprint density at radius 3 is 2.53 bits per heavy atom. The summed E-state index contributed by atoms with van der Waals surface area (Å²) in [4.78, 5) is 0. The van der Waals surface area contributed by atoms with E-state index in [1.54, 1.807) is 0 Å². The van der Waals surface area contributed by atoms with Gasteiger partial charge in [-0.05, 0) is 36.1 Å². The third kappa shape index (κ3) is 4.38. The lowest BCUT2D eigenvalue weighted by Crippen LogP contribution is -2.21. The molecule has 0 aliphatic heterocycles. The van der Waals surface area contributed by atoms with Gasteiger partial charge in [0.05, 0.1) is 0 Å². The first-order chi connectivity index (χ1) is 8.10. The predicted molar refractivity (Wildman–Crippen MR) is 82.1 cm³/mol. The Balaban J connectivity index is 2.85. The molecular formula is C14H21Br2N. The van der Waals surface area contributed by atoms with Crippen LogP contribution >= 0.6 is 31.9 Å². The molecule has 1 aromatic rings. The molecule has 1 nitrogen and oxygen atoms in total. The Bertz CT molecular complexity index is 352. The highest BCUT2D eigenvalue weighted by Gasteiger charge is 2.19. The minimum absolute atomic E-state index is 0.124. The molecule has 0 bridgehead atoms. The lowest BCUT2D eigenvalue weighted by Gasteiger charge is -2.24. The highest BCUT2D eigenvalue weighted by molar-refractivity contribution is 9.11. The first-order valence-corrected chi connectivity index (χ1v) is 7.89. The summed E-state index contributed by atoms with van der Waals surface area (Å²) < 4.78 is 2.21. The van der Waals surface area contributed by atoms with Crippen LogP contribution in [0, 0.1) is 5.92 Å². The van der Waals surface area contributed by atoms with Gasteiger partial charge in [-0.2, -0.15) is 0 Å². The van der Waals surface area contributed by atoms with Crippen LogP contribution in [0.5, 0.6) is 0 Å². The van der Waals surface area contributed by atoms with Crippen molar-refractivity contribution in [1.82, 2.24) is 0 Å². The van der Waals surface area contributed by atoms with Crippen molar-refractivity contribution in [3.63, 3.8) is 0 Å². The molecule has 2 N–H and O–H groups in total. The molecular weight excluding hydrogens is 342 g/mol. The number of hydrogen-bond acceptors (Lipinski definition) is 1. The first kappa shape index (κ1) is 15.2. The van der Waals surface area contributed by atoms with E-state index >= 15 is 0 Å². The highest BCUT2D eigenvalue weighted by atomic mass is 79.9. The normalized spacial score (nSPS) is 14.6. The van der Waals surface area contributed by atoms with Gasteiger partial charge in [-0.3, -0.25) is 0 Å². The molecule has 3 heteroatoms. The van der Waals surface area contributed by atoms with Crippen LogP contribution in [0.2, 0.25) is 0 Å². The van der Waals surface area contributed by atoms with Crippen molar-refractivity contribution in [2.75, 3.05) is 0 Å². The third-order valence-electron chi connectivity index (χ3n) is 3.28. The first-order valence-electron chi connectivity index (χ1n) is 6.30. The van der Waals surface area contributed by atoms with Crippen LogP contribution in [-0.4, -0.2) is 0 Å². The van der Waals surface area contributed by atoms with Gasteiger partial charge in [0.25, 0.3) is 0 Å². The number of unbranched alkanes of at least 4 members (excludes halogenated alkanes) is 1. The Labute approximate surface area is 121 Å². The fourth-order valence-corrected chi connectivity index (χ4v) is 3.02. The molecule has 2 unspecified atom stereocenters. The maximum atomic E-state index is 6.41. The van der Waals surface area contributed by atoms with E-state index in [2.05, 4.69) is 57.8 Å². The monoisotopic (exact) mass is 361 g/mol. The summed E-state index contributed by atoms with van der Waals surface area (Å²) in [5.74, 6) is 0.570. The molecule has 0 radical (unpaired) electrons. The van der Waals surface area contributed by atoms with Crippen molar-refractivity contribution in [2.24, 2.45) is 11.7 Å². The van der Waals surface area contributed by atoms with Crippen LogP contribution in [0.15, 0.2) is 27.1 Å². The van der Waals surface area contributed by atoms with Gasteiger partial charge in [0.1, 0.15) is 0 Å². The number of hydrogen-bond donors (Lipinski definition) is 1. The Morgan fingerprint density at radius 2 is 1.94 bits per heavy atom. The Kier molecular flexibility index (Phi) is 6.75. The third-order valence-corrected chi connectivity index (χ3v) is 4.49. The largest absolute Gasteiger partial charge is 0.324 e. The van der Waals surface area contributed by atoms with E-state index in [0.29, 0.717) is 5.92 Å². The Hall–Kier alpha value is 0.140. The average Bonchev–Trinajstić information content (AvgIpc) is 2.33. The van der Waals surface area contributed by atoms with E-state index in [-0.39, 0.29) is 6.04 Å². The zero-order chi connectivity index (χ0) is 12.8. The predicted octanol–water partition coefficient (Wildman–Crippen LogP) is 5.43. The zero-order valence-corrected chi connectivity index (χ0v) is 13.7. The molecule has 1 aromatic carbocycles. The molecule has 0 heterocycles. The smallest absolute Gasteiger partial charge is 0.0335 e. The minimum Gasteiger partial charge on any atom is -0.324 e. The number of halogens is 2. The molecule has 0 aromatic heterocycles. The van der Waals surface area contributed by atoms with Crippen molar-refractivity contribution < 1.29 is 0 Å². The topological polar surface area (TPSA) is 26.0 Å². The molecule has 0 fully saturated rings. The summed E-state index contributed by atoms with van der Waals surface area (Å²) in [5, 5.41) is 0. The summed E-state index contributed by atoms with van der Waals surface area (Å²) in [7, 11) is 0. The molecule has 0 amide bonds. The maximum absolute atomic E-state index is 6.41. The minimum atomic E-state index is 0.124. The van der Waals surface area contributed by atoms with Gasteiger partial charge in [-0.15, -0.1) is 0 Å². The highest BCUT2D eigenvalue weighted by Crippen LogP contribution is 2.33. The SMILES string of the molecule is CCCCC(CC)C(N)c1cc(Br)ccc1Br. The van der Waals surface area contributed by atoms with Gasteiger partial charge in [-0.25, -0.2) is 0 Å². The lowest BCUT2D eigenvalue weighted by molar-refractivity contribution is 0.377. The van der Waals surface area contributed by atoms with E-state index in [4.69, 9.17) is 5.73 Å². The van der Waals surface area contributed by atoms with Crippen molar-refractivity contribution in [3.8, 4) is 0 Å². The number of benzene rings is 1. The second-order valence-corrected chi connectivity index (χ2v) is 6.27. The molecule has 2 atom stereocenters. The van der Waals surface area contributed by atoms with E-state index < -0.39 is 0 Å². The fourth-order valence-electron chi connectivity index (χ4n) is 2.13. The van der Waals surface area contributed by atoms with Crippen LogP contribution in [0.4, 0.5) is 0 Å². The van der Waals surface area contributed by atoms with Gasteiger partial charge in [-0.1, -0.05) is 65.0 Å². The molecule has 17 heavy (non-hydrogen) atoms. The summed E-state index contributed by atoms with van der Waals surface area (Å²) in [6, 6.07) is 6.35. The molecule has 0 saturated heterocycles. The molecule has 0 aliphatic carbocycles. The molecule has 0 aliphatic rings. The van der Waals surface area contributed by atoms with E-state index in [1.807, 2.05) is 6.07 Å². The average molecular weight is 363 g/mol. The standard InChI is InChI=1S/C14H21Br2N/c1-3-5-6-10(4-2)14(17)12-9-11(15)7-8-13(12)16/h7-10,14H,3-6,17H2,1-2H3. The van der Waals surface area contributed by atoms with Gasteiger partial charge in [0.2, 0.25) is 0 Å². The van der Waals surface area contributed by atoms with Crippen LogP contribution < -0.4 is 5.73 Å². The van der Waals surface area contributed by atoms with Gasteiger partial charge in [0, 0.05) is 15.0 Å². The Morgan fingerprint density at radius 1 is 1.24 bits per heavy atom. The van der Waals surface area contributed by atoms with Crippen molar-refractivity contribution in [2.45, 2.75) is 45.6 Å². The van der Waals surface area contributed by atoms with Gasteiger partial charge in [0.15, 0.2) is 0 Å². The summed E-state index contributed by atoms with van der Waals surface area (Å²) in [6.07, 6.45) is 4.86. The second-order valence-electron chi connectivity index (χ2n) is 4.50. The van der Waals surface area contributed by atoms with Gasteiger partial charge < -0.3 is 5.73 Å². The fraction of sp³-hybridized carbons (Fsp3) is 0.571. The van der Waals surface area contributed by atoms with E-state index in [9.17, 15) is 0 Å².